The Morgan fingerprint density at radius 1 is 1.29 bits per heavy atom. The van der Waals surface area contributed by atoms with Crippen LogP contribution in [-0.4, -0.2) is 16.0 Å². The van der Waals surface area contributed by atoms with Crippen LogP contribution in [0.15, 0.2) is 35.6 Å². The summed E-state index contributed by atoms with van der Waals surface area (Å²) in [5, 5.41) is 11.8. The van der Waals surface area contributed by atoms with Crippen molar-refractivity contribution in [3.63, 3.8) is 0 Å². The summed E-state index contributed by atoms with van der Waals surface area (Å²) in [6.45, 7) is 0.298. The first-order valence-corrected chi connectivity index (χ1v) is 8.95. The van der Waals surface area contributed by atoms with Crippen molar-refractivity contribution in [2.24, 2.45) is 10.9 Å². The first kappa shape index (κ1) is 17.0. The highest BCUT2D eigenvalue weighted by atomic mass is 127. The fourth-order valence-corrected chi connectivity index (χ4v) is 5.54. The van der Waals surface area contributed by atoms with Crippen LogP contribution in [0.3, 0.4) is 0 Å². The third-order valence-electron chi connectivity index (χ3n) is 2.58. The Kier molecular flexibility index (Phi) is 6.28. The smallest absolute Gasteiger partial charge is 0.189 e. The van der Waals surface area contributed by atoms with E-state index in [-0.39, 0.29) is 5.84 Å². The van der Waals surface area contributed by atoms with E-state index in [1.54, 1.807) is 12.3 Å². The Morgan fingerprint density at radius 3 is 2.57 bits per heavy atom. The van der Waals surface area contributed by atoms with Crippen molar-refractivity contribution in [1.82, 2.24) is 4.98 Å². The van der Waals surface area contributed by atoms with Crippen molar-refractivity contribution in [1.29, 1.82) is 0 Å². The van der Waals surface area contributed by atoms with Crippen molar-refractivity contribution in [3.8, 4) is 5.75 Å². The molecule has 110 valence electrons. The Balaban J connectivity index is 2.26. The molecule has 0 atom stereocenters. The summed E-state index contributed by atoms with van der Waals surface area (Å²) in [5.41, 5.74) is 6.81. The van der Waals surface area contributed by atoms with Crippen molar-refractivity contribution in [3.05, 3.63) is 52.4 Å². The zero-order valence-corrected chi connectivity index (χ0v) is 17.0. The lowest BCUT2D eigenvalue weighted by atomic mass is 10.2. The van der Waals surface area contributed by atoms with E-state index >= 15 is 0 Å². The van der Waals surface area contributed by atoms with E-state index in [0.29, 0.717) is 12.3 Å². The van der Waals surface area contributed by atoms with Gasteiger partial charge in [0.05, 0.1) is 7.14 Å². The maximum Gasteiger partial charge on any atom is 0.189 e. The van der Waals surface area contributed by atoms with Crippen molar-refractivity contribution >= 4 is 73.6 Å². The lowest BCUT2D eigenvalue weighted by molar-refractivity contribution is 0.300. The average Bonchev–Trinajstić information content (AvgIpc) is 2.45. The van der Waals surface area contributed by atoms with E-state index in [1.165, 1.54) is 0 Å². The van der Waals surface area contributed by atoms with Gasteiger partial charge in [0.15, 0.2) is 5.84 Å². The average molecular weight is 621 g/mol. The van der Waals surface area contributed by atoms with E-state index < -0.39 is 0 Å². The molecule has 5 nitrogen and oxygen atoms in total. The quantitative estimate of drug-likeness (QED) is 0.180. The largest absolute Gasteiger partial charge is 0.487 e. The summed E-state index contributed by atoms with van der Waals surface area (Å²) in [5.74, 6) is 0.798. The van der Waals surface area contributed by atoms with Gasteiger partial charge in [-0.25, -0.2) is 0 Å². The van der Waals surface area contributed by atoms with Crippen LogP contribution in [0.5, 0.6) is 5.75 Å². The molecule has 1 aromatic carbocycles. The van der Waals surface area contributed by atoms with E-state index in [2.05, 4.69) is 77.9 Å². The Hall–Kier alpha value is -0.370. The van der Waals surface area contributed by atoms with Crippen LogP contribution >= 0.6 is 67.8 Å². The highest BCUT2D eigenvalue weighted by molar-refractivity contribution is 14.1. The second-order valence-corrected chi connectivity index (χ2v) is 7.55. The van der Waals surface area contributed by atoms with Gasteiger partial charge in [-0.05, 0) is 86.0 Å². The summed E-state index contributed by atoms with van der Waals surface area (Å²) in [6.07, 6.45) is 1.59. The molecule has 8 heteroatoms. The number of amidine groups is 1. The fourth-order valence-electron chi connectivity index (χ4n) is 1.65. The van der Waals surface area contributed by atoms with Crippen molar-refractivity contribution < 1.29 is 9.94 Å². The molecular weight excluding hydrogens is 611 g/mol. The molecule has 1 heterocycles. The molecule has 0 saturated heterocycles. The first-order valence-electron chi connectivity index (χ1n) is 5.72. The van der Waals surface area contributed by atoms with Crippen molar-refractivity contribution in [2.75, 3.05) is 0 Å². The number of nitrogens with two attached hydrogens (primary N) is 1. The minimum absolute atomic E-state index is 0.0267. The molecule has 0 saturated carbocycles. The topological polar surface area (TPSA) is 80.7 Å². The summed E-state index contributed by atoms with van der Waals surface area (Å²) in [4.78, 5) is 4.12. The minimum atomic E-state index is -0.0267. The normalized spacial score (nSPS) is 11.5. The SMILES string of the molecule is NC(=NO)c1ncccc1COc1c(I)cc(I)cc1I. The molecule has 2 aromatic rings. The Bertz CT molecular complexity index is 669. The molecule has 2 rings (SSSR count). The number of pyridine rings is 1. The second-order valence-electron chi connectivity index (χ2n) is 3.98. The van der Waals surface area contributed by atoms with Crippen LogP contribution in [0, 0.1) is 10.7 Å². The van der Waals surface area contributed by atoms with Crippen LogP contribution < -0.4 is 10.5 Å². The molecule has 0 fully saturated rings. The number of ether oxygens (including phenoxy) is 1. The number of hydrogen-bond donors (Lipinski definition) is 2. The second kappa shape index (κ2) is 7.76. The maximum absolute atomic E-state index is 8.80. The van der Waals surface area contributed by atoms with E-state index in [1.807, 2.05) is 18.2 Å². The van der Waals surface area contributed by atoms with Crippen molar-refractivity contribution in [2.45, 2.75) is 6.61 Å². The molecular formula is C13H10I3N3O2. The van der Waals surface area contributed by atoms with Gasteiger partial charge in [-0.15, -0.1) is 0 Å². The molecule has 0 spiro atoms. The van der Waals surface area contributed by atoms with Gasteiger partial charge in [0, 0.05) is 15.3 Å². The van der Waals surface area contributed by atoms with E-state index in [4.69, 9.17) is 15.7 Å². The molecule has 21 heavy (non-hydrogen) atoms. The van der Waals surface area contributed by atoms with Gasteiger partial charge < -0.3 is 15.7 Å². The molecule has 0 amide bonds. The number of rotatable bonds is 4. The lowest BCUT2D eigenvalue weighted by Gasteiger charge is -2.12. The van der Waals surface area contributed by atoms with Crippen LogP contribution in [0.4, 0.5) is 0 Å². The van der Waals surface area contributed by atoms with Crippen LogP contribution in [0.25, 0.3) is 0 Å². The summed E-state index contributed by atoms with van der Waals surface area (Å²) in [6, 6.07) is 7.72. The molecule has 0 aliphatic heterocycles. The highest BCUT2D eigenvalue weighted by Gasteiger charge is 2.12. The molecule has 0 aliphatic rings. The predicted octanol–water partition coefficient (Wildman–Crippen LogP) is 3.57. The first-order chi connectivity index (χ1) is 10.0. The highest BCUT2D eigenvalue weighted by Crippen LogP contribution is 2.30. The molecule has 0 radical (unpaired) electrons. The molecule has 1 aromatic heterocycles. The third kappa shape index (κ3) is 4.31. The fraction of sp³-hybridized carbons (Fsp3) is 0.0769. The zero-order chi connectivity index (χ0) is 15.4. The van der Waals surface area contributed by atoms with Crippen LogP contribution in [-0.2, 0) is 6.61 Å². The Morgan fingerprint density at radius 2 is 1.95 bits per heavy atom. The zero-order valence-electron chi connectivity index (χ0n) is 10.6. The van der Waals surface area contributed by atoms with Gasteiger partial charge >= 0.3 is 0 Å². The number of aromatic nitrogens is 1. The summed E-state index contributed by atoms with van der Waals surface area (Å²) in [7, 11) is 0. The van der Waals surface area contributed by atoms with Crippen LogP contribution in [0.2, 0.25) is 0 Å². The van der Waals surface area contributed by atoms with Gasteiger partial charge in [-0.1, -0.05) is 11.2 Å². The number of halogens is 3. The van der Waals surface area contributed by atoms with Gasteiger partial charge in [0.25, 0.3) is 0 Å². The Labute approximate surface area is 162 Å². The summed E-state index contributed by atoms with van der Waals surface area (Å²) >= 11 is 6.76. The van der Waals surface area contributed by atoms with E-state index in [0.717, 1.165) is 22.0 Å². The lowest BCUT2D eigenvalue weighted by Crippen LogP contribution is -2.18. The minimum Gasteiger partial charge on any atom is -0.487 e. The van der Waals surface area contributed by atoms with Gasteiger partial charge in [0.2, 0.25) is 0 Å². The molecule has 0 unspecified atom stereocenters. The standard InChI is InChI=1S/C13H10I3N3O2/c14-8-4-9(15)12(10(16)5-8)21-6-7-2-1-3-18-11(7)13(17)19-20/h1-5,20H,6H2,(H2,17,19). The van der Waals surface area contributed by atoms with Gasteiger partial charge in [-0.3, -0.25) is 4.98 Å². The third-order valence-corrected chi connectivity index (χ3v) is 4.80. The summed E-state index contributed by atoms with van der Waals surface area (Å²) < 4.78 is 9.13. The van der Waals surface area contributed by atoms with Crippen LogP contribution in [0.1, 0.15) is 11.3 Å². The number of hydrogen-bond acceptors (Lipinski definition) is 4. The number of benzene rings is 1. The molecule has 0 aliphatic carbocycles. The molecule has 0 bridgehead atoms. The van der Waals surface area contributed by atoms with Gasteiger partial charge in [0.1, 0.15) is 18.1 Å². The van der Waals surface area contributed by atoms with E-state index in [9.17, 15) is 0 Å². The number of nitrogens with zero attached hydrogens (tertiary/aromatic N) is 2. The maximum atomic E-state index is 8.80. The monoisotopic (exact) mass is 621 g/mol. The van der Waals surface area contributed by atoms with Gasteiger partial charge in [-0.2, -0.15) is 0 Å². The number of oxime groups is 1. The predicted molar refractivity (Wildman–Crippen MR) is 106 cm³/mol. The molecule has 3 N–H and O–H groups in total.